The van der Waals surface area contributed by atoms with Gasteiger partial charge in [0.1, 0.15) is 0 Å². The number of carbonyl (C=O) groups excluding carboxylic acids is 2. The summed E-state index contributed by atoms with van der Waals surface area (Å²) in [6.07, 6.45) is 1.17. The van der Waals surface area contributed by atoms with E-state index in [1.165, 1.54) is 0 Å². The first kappa shape index (κ1) is 15.9. The third-order valence-corrected chi connectivity index (χ3v) is 4.87. The van der Waals surface area contributed by atoms with E-state index in [1.54, 1.807) is 4.90 Å². The molecule has 0 bridgehead atoms. The molecule has 0 aromatic heterocycles. The minimum Gasteiger partial charge on any atom is -0.304 e. The van der Waals surface area contributed by atoms with Gasteiger partial charge in [0, 0.05) is 22.1 Å². The Labute approximate surface area is 144 Å². The molecule has 1 heterocycles. The fraction of sp³-hybridized carbons (Fsp3) is 0.263. The smallest absolute Gasteiger partial charge is 0.227 e. The lowest BCUT2D eigenvalue weighted by Gasteiger charge is -2.29. The minimum atomic E-state index is -0.0304. The van der Waals surface area contributed by atoms with E-state index in [0.29, 0.717) is 12.0 Å². The molecule has 0 N–H and O–H groups in total. The normalized spacial score (nSPS) is 13.9. The summed E-state index contributed by atoms with van der Waals surface area (Å²) in [5.41, 5.74) is 4.86. The predicted octanol–water partition coefficient (Wildman–Crippen LogP) is 4.23. The molecule has 3 rings (SSSR count). The number of carbonyl (C=O) groups is 2. The Morgan fingerprint density at radius 3 is 2.61 bits per heavy atom. The van der Waals surface area contributed by atoms with Gasteiger partial charge in [0.25, 0.3) is 0 Å². The Balaban J connectivity index is 1.88. The fourth-order valence-corrected chi connectivity index (χ4v) is 3.26. The first-order chi connectivity index (χ1) is 11.0. The van der Waals surface area contributed by atoms with Crippen LogP contribution in [-0.4, -0.2) is 18.2 Å². The Bertz CT molecular complexity index is 798. The van der Waals surface area contributed by atoms with Crippen molar-refractivity contribution in [2.45, 2.75) is 26.7 Å². The Hall–Kier alpha value is -1.94. The van der Waals surface area contributed by atoms with Gasteiger partial charge < -0.3 is 4.90 Å². The maximum atomic E-state index is 12.6. The monoisotopic (exact) mass is 371 g/mol. The Morgan fingerprint density at radius 1 is 1.09 bits per heavy atom. The molecule has 118 valence electrons. The van der Waals surface area contributed by atoms with Gasteiger partial charge in [-0.1, -0.05) is 28.1 Å². The van der Waals surface area contributed by atoms with Crippen LogP contribution in [0.5, 0.6) is 0 Å². The third kappa shape index (κ3) is 3.22. The van der Waals surface area contributed by atoms with Crippen LogP contribution >= 0.6 is 15.9 Å². The highest BCUT2D eigenvalue weighted by Crippen LogP contribution is 2.30. The molecule has 0 unspecified atom stereocenters. The maximum Gasteiger partial charge on any atom is 0.227 e. The zero-order valence-corrected chi connectivity index (χ0v) is 14.8. The van der Waals surface area contributed by atoms with Crippen molar-refractivity contribution in [1.29, 1.82) is 0 Å². The number of nitrogens with zero attached hydrogens (tertiary/aromatic N) is 1. The summed E-state index contributed by atoms with van der Waals surface area (Å²) in [5.74, 6) is -0.0192. The van der Waals surface area contributed by atoms with Gasteiger partial charge in [0.15, 0.2) is 5.78 Å². The van der Waals surface area contributed by atoms with Crippen LogP contribution in [0.25, 0.3) is 0 Å². The summed E-state index contributed by atoms with van der Waals surface area (Å²) in [6.45, 7) is 4.10. The number of anilines is 1. The highest BCUT2D eigenvalue weighted by molar-refractivity contribution is 9.10. The minimum absolute atomic E-state index is 0.0111. The summed E-state index contributed by atoms with van der Waals surface area (Å²) >= 11 is 3.46. The van der Waals surface area contributed by atoms with Crippen molar-refractivity contribution in [2.75, 3.05) is 11.4 Å². The van der Waals surface area contributed by atoms with Crippen molar-refractivity contribution in [3.63, 3.8) is 0 Å². The Kier molecular flexibility index (Phi) is 4.35. The number of ketones is 1. The van der Waals surface area contributed by atoms with Crippen LogP contribution in [0.15, 0.2) is 40.9 Å². The molecule has 1 aliphatic heterocycles. The van der Waals surface area contributed by atoms with Crippen molar-refractivity contribution in [2.24, 2.45) is 0 Å². The third-order valence-electron chi connectivity index (χ3n) is 4.37. The average molecular weight is 372 g/mol. The van der Waals surface area contributed by atoms with Gasteiger partial charge >= 0.3 is 0 Å². The molecule has 0 saturated carbocycles. The van der Waals surface area contributed by atoms with E-state index in [0.717, 1.165) is 33.3 Å². The lowest BCUT2D eigenvalue weighted by Crippen LogP contribution is -2.39. The number of benzene rings is 2. The van der Waals surface area contributed by atoms with Gasteiger partial charge in [-0.05, 0) is 61.2 Å². The molecule has 0 fully saturated rings. The van der Waals surface area contributed by atoms with Crippen molar-refractivity contribution in [1.82, 2.24) is 0 Å². The first-order valence-electron chi connectivity index (χ1n) is 7.65. The predicted molar refractivity (Wildman–Crippen MR) is 95.1 cm³/mol. The summed E-state index contributed by atoms with van der Waals surface area (Å²) in [7, 11) is 0. The molecular formula is C19H18BrNO2. The molecule has 2 aromatic carbocycles. The second-order valence-corrected chi connectivity index (χ2v) is 6.89. The first-order valence-corrected chi connectivity index (χ1v) is 8.44. The fourth-order valence-electron chi connectivity index (χ4n) is 2.85. The number of hydrogen-bond donors (Lipinski definition) is 0. The van der Waals surface area contributed by atoms with E-state index in [4.69, 9.17) is 0 Å². The van der Waals surface area contributed by atoms with Gasteiger partial charge in [-0.25, -0.2) is 0 Å². The molecule has 3 nitrogen and oxygen atoms in total. The van der Waals surface area contributed by atoms with Gasteiger partial charge in [-0.15, -0.1) is 0 Å². The SMILES string of the molecule is Cc1ccc(C(=O)CN2C(=O)CCc3cc(Br)ccc32)cc1C. The van der Waals surface area contributed by atoms with E-state index >= 15 is 0 Å². The molecule has 0 spiro atoms. The lowest BCUT2D eigenvalue weighted by molar-refractivity contribution is -0.118. The van der Waals surface area contributed by atoms with Gasteiger partial charge in [-0.3, -0.25) is 9.59 Å². The van der Waals surface area contributed by atoms with Gasteiger partial charge in [-0.2, -0.15) is 0 Å². The number of halogens is 1. The molecule has 1 aliphatic rings. The topological polar surface area (TPSA) is 37.4 Å². The summed E-state index contributed by atoms with van der Waals surface area (Å²) in [5, 5.41) is 0. The summed E-state index contributed by atoms with van der Waals surface area (Å²) < 4.78 is 0.992. The van der Waals surface area contributed by atoms with Crippen LogP contribution in [0.2, 0.25) is 0 Å². The van der Waals surface area contributed by atoms with E-state index < -0.39 is 0 Å². The lowest BCUT2D eigenvalue weighted by atomic mass is 9.99. The number of aryl methyl sites for hydroxylation is 3. The van der Waals surface area contributed by atoms with Crippen molar-refractivity contribution >= 4 is 33.3 Å². The number of fused-ring (bicyclic) bond motifs is 1. The van der Waals surface area contributed by atoms with E-state index in [-0.39, 0.29) is 18.2 Å². The summed E-state index contributed by atoms with van der Waals surface area (Å²) in [6, 6.07) is 11.5. The highest BCUT2D eigenvalue weighted by atomic mass is 79.9. The molecular weight excluding hydrogens is 354 g/mol. The number of hydrogen-bond acceptors (Lipinski definition) is 2. The molecule has 4 heteroatoms. The van der Waals surface area contributed by atoms with Gasteiger partial charge in [0.05, 0.1) is 6.54 Å². The van der Waals surface area contributed by atoms with Crippen molar-refractivity contribution in [3.8, 4) is 0 Å². The zero-order valence-electron chi connectivity index (χ0n) is 13.2. The van der Waals surface area contributed by atoms with Crippen LogP contribution in [0.4, 0.5) is 5.69 Å². The van der Waals surface area contributed by atoms with E-state index in [9.17, 15) is 9.59 Å². The number of Topliss-reactive ketones (excluding diaryl/α,β-unsaturated/α-hetero) is 1. The van der Waals surface area contributed by atoms with E-state index in [2.05, 4.69) is 15.9 Å². The van der Waals surface area contributed by atoms with Crippen LogP contribution in [0.3, 0.4) is 0 Å². The molecule has 0 radical (unpaired) electrons. The molecule has 1 amide bonds. The highest BCUT2D eigenvalue weighted by Gasteiger charge is 2.26. The number of rotatable bonds is 3. The molecule has 2 aromatic rings. The van der Waals surface area contributed by atoms with Crippen LogP contribution in [0, 0.1) is 13.8 Å². The molecule has 0 saturated heterocycles. The van der Waals surface area contributed by atoms with Crippen molar-refractivity contribution in [3.05, 3.63) is 63.1 Å². The molecule has 23 heavy (non-hydrogen) atoms. The van der Waals surface area contributed by atoms with Gasteiger partial charge in [0.2, 0.25) is 5.91 Å². The molecule has 0 atom stereocenters. The van der Waals surface area contributed by atoms with E-state index in [1.807, 2.05) is 50.2 Å². The molecule has 0 aliphatic carbocycles. The van der Waals surface area contributed by atoms with Crippen LogP contribution in [-0.2, 0) is 11.2 Å². The quantitative estimate of drug-likeness (QED) is 0.757. The maximum absolute atomic E-state index is 12.6. The Morgan fingerprint density at radius 2 is 1.87 bits per heavy atom. The zero-order chi connectivity index (χ0) is 16.6. The standard InChI is InChI=1S/C19H18BrNO2/c1-12-3-4-15(9-13(12)2)18(22)11-21-17-7-6-16(20)10-14(17)5-8-19(21)23/h3-4,6-7,9-10H,5,8,11H2,1-2H3. The van der Waals surface area contributed by atoms with Crippen LogP contribution in [0.1, 0.15) is 33.5 Å². The van der Waals surface area contributed by atoms with Crippen LogP contribution < -0.4 is 4.90 Å². The largest absolute Gasteiger partial charge is 0.304 e. The van der Waals surface area contributed by atoms with Crippen molar-refractivity contribution < 1.29 is 9.59 Å². The summed E-state index contributed by atoms with van der Waals surface area (Å²) in [4.78, 5) is 26.5. The second-order valence-electron chi connectivity index (χ2n) is 5.98. The second kappa shape index (κ2) is 6.28. The average Bonchev–Trinajstić information content (AvgIpc) is 2.52. The number of amides is 1.